The topological polar surface area (TPSA) is 38.8 Å². The van der Waals surface area contributed by atoms with E-state index in [1.807, 2.05) is 56.9 Å². The molecule has 2 unspecified atom stereocenters. The Morgan fingerprint density at radius 3 is 2.55 bits per heavy atom. The van der Waals surface area contributed by atoms with E-state index in [-0.39, 0.29) is 24.2 Å². The molecular formula is C16H23NO3. The number of amides is 1. The van der Waals surface area contributed by atoms with E-state index in [2.05, 4.69) is 0 Å². The lowest BCUT2D eigenvalue weighted by molar-refractivity contribution is -0.0586. The molecule has 4 nitrogen and oxygen atoms in total. The highest BCUT2D eigenvalue weighted by molar-refractivity contribution is 5.94. The first kappa shape index (κ1) is 14.9. The number of ether oxygens (including phenoxy) is 2. The van der Waals surface area contributed by atoms with Gasteiger partial charge in [0.2, 0.25) is 0 Å². The molecule has 1 fully saturated rings. The van der Waals surface area contributed by atoms with Crippen molar-refractivity contribution in [2.75, 3.05) is 13.1 Å². The molecule has 4 heteroatoms. The van der Waals surface area contributed by atoms with Crippen LogP contribution in [0, 0.1) is 0 Å². The maximum atomic E-state index is 12.5. The summed E-state index contributed by atoms with van der Waals surface area (Å²) in [7, 11) is 0. The van der Waals surface area contributed by atoms with Crippen molar-refractivity contribution < 1.29 is 14.3 Å². The number of nitrogens with zero attached hydrogens (tertiary/aromatic N) is 1. The van der Waals surface area contributed by atoms with Crippen LogP contribution in [-0.2, 0) is 4.74 Å². The lowest BCUT2D eigenvalue weighted by Crippen LogP contribution is -2.48. The molecule has 1 aliphatic rings. The van der Waals surface area contributed by atoms with Gasteiger partial charge >= 0.3 is 0 Å². The third-order valence-electron chi connectivity index (χ3n) is 3.16. The summed E-state index contributed by atoms with van der Waals surface area (Å²) < 4.78 is 11.3. The Hall–Kier alpha value is -1.55. The molecule has 0 aliphatic carbocycles. The lowest BCUT2D eigenvalue weighted by Gasteiger charge is -2.35. The van der Waals surface area contributed by atoms with Gasteiger partial charge in [-0.15, -0.1) is 0 Å². The van der Waals surface area contributed by atoms with Gasteiger partial charge < -0.3 is 14.4 Å². The van der Waals surface area contributed by atoms with Crippen molar-refractivity contribution >= 4 is 5.91 Å². The zero-order valence-electron chi connectivity index (χ0n) is 12.6. The van der Waals surface area contributed by atoms with E-state index in [1.54, 1.807) is 0 Å². The molecular weight excluding hydrogens is 254 g/mol. The third-order valence-corrected chi connectivity index (χ3v) is 3.16. The molecule has 0 saturated carbocycles. The van der Waals surface area contributed by atoms with Crippen LogP contribution in [0.5, 0.6) is 5.75 Å². The van der Waals surface area contributed by atoms with Crippen molar-refractivity contribution in [3.8, 4) is 5.75 Å². The summed E-state index contributed by atoms with van der Waals surface area (Å²) in [6, 6.07) is 7.38. The van der Waals surface area contributed by atoms with Gasteiger partial charge in [0, 0.05) is 18.7 Å². The maximum Gasteiger partial charge on any atom is 0.254 e. The van der Waals surface area contributed by atoms with E-state index in [1.165, 1.54) is 0 Å². The molecule has 1 saturated heterocycles. The van der Waals surface area contributed by atoms with E-state index in [0.717, 1.165) is 5.75 Å². The van der Waals surface area contributed by atoms with Crippen molar-refractivity contribution in [3.05, 3.63) is 29.8 Å². The number of morpholine rings is 1. The molecule has 2 rings (SSSR count). The summed E-state index contributed by atoms with van der Waals surface area (Å²) >= 11 is 0. The SMILES string of the molecule is CC(C)Oc1cccc(C(=O)N2CC(C)OC(C)C2)c1. The minimum absolute atomic E-state index is 0.0428. The Morgan fingerprint density at radius 1 is 1.30 bits per heavy atom. The summed E-state index contributed by atoms with van der Waals surface area (Å²) in [6.07, 6.45) is 0.263. The molecule has 0 radical (unpaired) electrons. The first-order chi connectivity index (χ1) is 9.45. The summed E-state index contributed by atoms with van der Waals surface area (Å²) in [6.45, 7) is 9.21. The van der Waals surface area contributed by atoms with Crippen LogP contribution in [0.3, 0.4) is 0 Å². The number of hydrogen-bond donors (Lipinski definition) is 0. The van der Waals surface area contributed by atoms with Gasteiger partial charge in [-0.05, 0) is 45.9 Å². The highest BCUT2D eigenvalue weighted by atomic mass is 16.5. The van der Waals surface area contributed by atoms with E-state index in [0.29, 0.717) is 18.7 Å². The average Bonchev–Trinajstić information content (AvgIpc) is 2.36. The van der Waals surface area contributed by atoms with E-state index < -0.39 is 0 Å². The predicted molar refractivity (Wildman–Crippen MR) is 78.1 cm³/mol. The molecule has 1 heterocycles. The van der Waals surface area contributed by atoms with E-state index in [4.69, 9.17) is 9.47 Å². The Labute approximate surface area is 120 Å². The number of carbonyl (C=O) groups is 1. The maximum absolute atomic E-state index is 12.5. The van der Waals surface area contributed by atoms with Crippen LogP contribution in [0.4, 0.5) is 0 Å². The van der Waals surface area contributed by atoms with Gasteiger partial charge in [0.25, 0.3) is 5.91 Å². The molecule has 0 aromatic heterocycles. The first-order valence-electron chi connectivity index (χ1n) is 7.17. The zero-order chi connectivity index (χ0) is 14.7. The smallest absolute Gasteiger partial charge is 0.254 e. The van der Waals surface area contributed by atoms with Crippen LogP contribution in [-0.4, -0.2) is 42.2 Å². The van der Waals surface area contributed by atoms with Crippen LogP contribution < -0.4 is 4.74 Å². The molecule has 1 aromatic rings. The lowest BCUT2D eigenvalue weighted by atomic mass is 10.1. The molecule has 2 atom stereocenters. The van der Waals surface area contributed by atoms with Crippen molar-refractivity contribution in [2.45, 2.75) is 46.0 Å². The average molecular weight is 277 g/mol. The second-order valence-electron chi connectivity index (χ2n) is 5.66. The molecule has 0 spiro atoms. The molecule has 0 N–H and O–H groups in total. The standard InChI is InChI=1S/C16H23NO3/c1-11(2)19-15-7-5-6-14(8-15)16(18)17-9-12(3)20-13(4)10-17/h5-8,11-13H,9-10H2,1-4H3. The van der Waals surface area contributed by atoms with Crippen LogP contribution in [0.15, 0.2) is 24.3 Å². The van der Waals surface area contributed by atoms with Gasteiger partial charge in [-0.3, -0.25) is 4.79 Å². The Balaban J connectivity index is 2.12. The summed E-state index contributed by atoms with van der Waals surface area (Å²) in [4.78, 5) is 14.4. The van der Waals surface area contributed by atoms with E-state index in [9.17, 15) is 4.79 Å². The molecule has 1 aromatic carbocycles. The number of rotatable bonds is 3. The monoisotopic (exact) mass is 277 g/mol. The quantitative estimate of drug-likeness (QED) is 0.852. The molecule has 110 valence electrons. The van der Waals surface area contributed by atoms with Crippen molar-refractivity contribution in [3.63, 3.8) is 0 Å². The first-order valence-corrected chi connectivity index (χ1v) is 7.17. The second-order valence-corrected chi connectivity index (χ2v) is 5.66. The Kier molecular flexibility index (Phi) is 4.65. The fourth-order valence-electron chi connectivity index (χ4n) is 2.50. The number of benzene rings is 1. The highest BCUT2D eigenvalue weighted by Gasteiger charge is 2.26. The van der Waals surface area contributed by atoms with Gasteiger partial charge in [0.1, 0.15) is 5.75 Å². The minimum atomic E-state index is 0.0428. The van der Waals surface area contributed by atoms with Crippen LogP contribution in [0.25, 0.3) is 0 Å². The van der Waals surface area contributed by atoms with Crippen LogP contribution in [0.1, 0.15) is 38.1 Å². The van der Waals surface area contributed by atoms with Crippen LogP contribution in [0.2, 0.25) is 0 Å². The normalized spacial score (nSPS) is 22.9. The predicted octanol–water partition coefficient (Wildman–Crippen LogP) is 2.72. The Bertz CT molecular complexity index is 463. The van der Waals surface area contributed by atoms with Crippen LogP contribution >= 0.6 is 0 Å². The largest absolute Gasteiger partial charge is 0.491 e. The fourth-order valence-corrected chi connectivity index (χ4v) is 2.50. The van der Waals surface area contributed by atoms with Gasteiger partial charge in [0.15, 0.2) is 0 Å². The molecule has 0 bridgehead atoms. The minimum Gasteiger partial charge on any atom is -0.491 e. The van der Waals surface area contributed by atoms with Crippen molar-refractivity contribution in [1.82, 2.24) is 4.90 Å². The number of hydrogen-bond acceptors (Lipinski definition) is 3. The summed E-state index contributed by atoms with van der Waals surface area (Å²) in [5.41, 5.74) is 0.671. The number of carbonyl (C=O) groups excluding carboxylic acids is 1. The van der Waals surface area contributed by atoms with Gasteiger partial charge in [-0.2, -0.15) is 0 Å². The summed E-state index contributed by atoms with van der Waals surface area (Å²) in [5, 5.41) is 0. The van der Waals surface area contributed by atoms with Gasteiger partial charge in [-0.1, -0.05) is 6.07 Å². The molecule has 1 aliphatic heterocycles. The van der Waals surface area contributed by atoms with Gasteiger partial charge in [0.05, 0.1) is 18.3 Å². The fraction of sp³-hybridized carbons (Fsp3) is 0.562. The van der Waals surface area contributed by atoms with Gasteiger partial charge in [-0.25, -0.2) is 0 Å². The van der Waals surface area contributed by atoms with E-state index >= 15 is 0 Å². The molecule has 20 heavy (non-hydrogen) atoms. The highest BCUT2D eigenvalue weighted by Crippen LogP contribution is 2.19. The van der Waals surface area contributed by atoms with Crippen molar-refractivity contribution in [2.24, 2.45) is 0 Å². The Morgan fingerprint density at radius 2 is 1.95 bits per heavy atom. The van der Waals surface area contributed by atoms with Crippen molar-refractivity contribution in [1.29, 1.82) is 0 Å². The molecule has 1 amide bonds. The summed E-state index contributed by atoms with van der Waals surface area (Å²) in [5.74, 6) is 0.779. The third kappa shape index (κ3) is 3.73. The second kappa shape index (κ2) is 6.27. The zero-order valence-corrected chi connectivity index (χ0v) is 12.6.